The summed E-state index contributed by atoms with van der Waals surface area (Å²) >= 11 is 1.74. The first-order valence-corrected chi connectivity index (χ1v) is 8.76. The molecule has 0 unspecified atom stereocenters. The van der Waals surface area contributed by atoms with Crippen LogP contribution in [-0.4, -0.2) is 6.04 Å². The molecule has 3 rings (SSSR count). The molecule has 1 aromatic heterocycles. The molecule has 112 valence electrons. The van der Waals surface area contributed by atoms with E-state index in [1.165, 1.54) is 42.5 Å². The molecule has 21 heavy (non-hydrogen) atoms. The van der Waals surface area contributed by atoms with Gasteiger partial charge in [0.25, 0.3) is 0 Å². The predicted octanol–water partition coefficient (Wildman–Crippen LogP) is 4.75. The Morgan fingerprint density at radius 1 is 1.05 bits per heavy atom. The standard InChI is InChI=1S/C18H23NOS/c1-2-8-16(9-3-1)19-13-15-7-4-5-11-18(15)20-14-17-10-6-12-21-17/h4-7,10-12,16,19H,1-3,8-9,13-14H2. The average molecular weight is 301 g/mol. The molecule has 1 heterocycles. The van der Waals surface area contributed by atoms with Crippen molar-refractivity contribution < 1.29 is 4.74 Å². The molecule has 0 bridgehead atoms. The molecule has 1 saturated carbocycles. The van der Waals surface area contributed by atoms with Gasteiger partial charge in [0.05, 0.1) is 0 Å². The largest absolute Gasteiger partial charge is 0.488 e. The summed E-state index contributed by atoms with van der Waals surface area (Å²) in [5.41, 5.74) is 1.26. The van der Waals surface area contributed by atoms with Crippen molar-refractivity contribution in [2.75, 3.05) is 0 Å². The Kier molecular flexibility index (Phi) is 5.30. The number of thiophene rings is 1. The topological polar surface area (TPSA) is 21.3 Å². The van der Waals surface area contributed by atoms with Gasteiger partial charge in [-0.1, -0.05) is 43.5 Å². The zero-order valence-electron chi connectivity index (χ0n) is 12.4. The van der Waals surface area contributed by atoms with Crippen molar-refractivity contribution in [1.29, 1.82) is 0 Å². The first-order chi connectivity index (χ1) is 10.4. The summed E-state index contributed by atoms with van der Waals surface area (Å²) in [6.07, 6.45) is 6.78. The summed E-state index contributed by atoms with van der Waals surface area (Å²) in [5, 5.41) is 5.79. The predicted molar refractivity (Wildman–Crippen MR) is 88.8 cm³/mol. The number of ether oxygens (including phenoxy) is 1. The second kappa shape index (κ2) is 7.62. The minimum Gasteiger partial charge on any atom is -0.488 e. The van der Waals surface area contributed by atoms with E-state index in [0.717, 1.165) is 12.3 Å². The second-order valence-corrected chi connectivity index (χ2v) is 6.72. The number of hydrogen-bond donors (Lipinski definition) is 1. The van der Waals surface area contributed by atoms with Gasteiger partial charge in [-0.15, -0.1) is 11.3 Å². The molecule has 0 amide bonds. The lowest BCUT2D eigenvalue weighted by Gasteiger charge is -2.23. The summed E-state index contributed by atoms with van der Waals surface area (Å²) in [7, 11) is 0. The van der Waals surface area contributed by atoms with E-state index in [9.17, 15) is 0 Å². The third-order valence-corrected chi connectivity index (χ3v) is 4.96. The molecule has 1 aliphatic carbocycles. The highest BCUT2D eigenvalue weighted by Crippen LogP contribution is 2.22. The van der Waals surface area contributed by atoms with E-state index in [1.807, 2.05) is 6.07 Å². The van der Waals surface area contributed by atoms with Crippen molar-refractivity contribution in [3.05, 3.63) is 52.2 Å². The molecule has 1 fully saturated rings. The lowest BCUT2D eigenvalue weighted by molar-refractivity contribution is 0.303. The zero-order valence-corrected chi connectivity index (χ0v) is 13.2. The number of para-hydroxylation sites is 1. The number of rotatable bonds is 6. The Labute approximate surface area is 131 Å². The van der Waals surface area contributed by atoms with Gasteiger partial charge in [0.1, 0.15) is 12.4 Å². The van der Waals surface area contributed by atoms with Gasteiger partial charge in [-0.3, -0.25) is 0 Å². The average Bonchev–Trinajstić information content (AvgIpc) is 3.06. The van der Waals surface area contributed by atoms with Crippen molar-refractivity contribution in [2.45, 2.75) is 51.3 Å². The van der Waals surface area contributed by atoms with Crippen molar-refractivity contribution >= 4 is 11.3 Å². The molecule has 3 heteroatoms. The van der Waals surface area contributed by atoms with Crippen LogP contribution in [0, 0.1) is 0 Å². The maximum absolute atomic E-state index is 5.99. The van der Waals surface area contributed by atoms with Gasteiger partial charge >= 0.3 is 0 Å². The Bertz CT molecular complexity index is 532. The molecule has 1 N–H and O–H groups in total. The van der Waals surface area contributed by atoms with E-state index < -0.39 is 0 Å². The molecule has 0 radical (unpaired) electrons. The highest BCUT2D eigenvalue weighted by molar-refractivity contribution is 7.09. The van der Waals surface area contributed by atoms with E-state index >= 15 is 0 Å². The maximum atomic E-state index is 5.99. The highest BCUT2D eigenvalue weighted by atomic mass is 32.1. The fraction of sp³-hybridized carbons (Fsp3) is 0.444. The van der Waals surface area contributed by atoms with Crippen LogP contribution in [0.15, 0.2) is 41.8 Å². The Morgan fingerprint density at radius 2 is 1.90 bits per heavy atom. The van der Waals surface area contributed by atoms with E-state index in [-0.39, 0.29) is 0 Å². The van der Waals surface area contributed by atoms with Crippen LogP contribution in [0.5, 0.6) is 5.75 Å². The third kappa shape index (κ3) is 4.32. The van der Waals surface area contributed by atoms with Gasteiger partial charge in [0.15, 0.2) is 0 Å². The van der Waals surface area contributed by atoms with Gasteiger partial charge in [-0.25, -0.2) is 0 Å². The first-order valence-electron chi connectivity index (χ1n) is 7.88. The summed E-state index contributed by atoms with van der Waals surface area (Å²) in [5.74, 6) is 1.01. The summed E-state index contributed by atoms with van der Waals surface area (Å²) in [4.78, 5) is 1.27. The van der Waals surface area contributed by atoms with Crippen LogP contribution >= 0.6 is 11.3 Å². The van der Waals surface area contributed by atoms with Crippen molar-refractivity contribution in [3.8, 4) is 5.75 Å². The normalized spacial score (nSPS) is 16.0. The van der Waals surface area contributed by atoms with Crippen LogP contribution in [-0.2, 0) is 13.2 Å². The Morgan fingerprint density at radius 3 is 2.71 bits per heavy atom. The molecule has 0 saturated heterocycles. The van der Waals surface area contributed by atoms with Gasteiger partial charge in [0, 0.05) is 23.0 Å². The first kappa shape index (κ1) is 14.6. The Hall–Kier alpha value is -1.32. The SMILES string of the molecule is c1csc(COc2ccccc2CNC2CCCCC2)c1. The summed E-state index contributed by atoms with van der Waals surface area (Å²) < 4.78 is 5.99. The summed E-state index contributed by atoms with van der Waals surface area (Å²) in [6.45, 7) is 1.57. The maximum Gasteiger partial charge on any atom is 0.124 e. The number of nitrogens with one attached hydrogen (secondary N) is 1. The highest BCUT2D eigenvalue weighted by Gasteiger charge is 2.13. The molecule has 1 aliphatic rings. The van der Waals surface area contributed by atoms with Crippen molar-refractivity contribution in [2.24, 2.45) is 0 Å². The van der Waals surface area contributed by atoms with Gasteiger partial charge in [0.2, 0.25) is 0 Å². The molecule has 2 nitrogen and oxygen atoms in total. The zero-order chi connectivity index (χ0) is 14.3. The second-order valence-electron chi connectivity index (χ2n) is 5.69. The minimum absolute atomic E-state index is 0.665. The minimum atomic E-state index is 0.665. The Balaban J connectivity index is 1.56. The summed E-state index contributed by atoms with van der Waals surface area (Å²) in [6, 6.07) is 13.3. The van der Waals surface area contributed by atoms with Gasteiger partial charge in [-0.05, 0) is 30.4 Å². The molecular formula is C18H23NOS. The molecular weight excluding hydrogens is 278 g/mol. The molecule has 2 aromatic rings. The van der Waals surface area contributed by atoms with E-state index in [2.05, 4.69) is 41.0 Å². The quantitative estimate of drug-likeness (QED) is 0.831. The molecule has 0 spiro atoms. The van der Waals surface area contributed by atoms with Crippen LogP contribution in [0.25, 0.3) is 0 Å². The van der Waals surface area contributed by atoms with Crippen LogP contribution < -0.4 is 10.1 Å². The van der Waals surface area contributed by atoms with E-state index in [0.29, 0.717) is 12.6 Å². The number of benzene rings is 1. The van der Waals surface area contributed by atoms with Crippen LogP contribution in [0.2, 0.25) is 0 Å². The third-order valence-electron chi connectivity index (χ3n) is 4.11. The van der Waals surface area contributed by atoms with Crippen molar-refractivity contribution in [1.82, 2.24) is 5.32 Å². The fourth-order valence-electron chi connectivity index (χ4n) is 2.90. The fourth-order valence-corrected chi connectivity index (χ4v) is 3.51. The molecule has 1 aromatic carbocycles. The van der Waals surface area contributed by atoms with Crippen LogP contribution in [0.4, 0.5) is 0 Å². The smallest absolute Gasteiger partial charge is 0.124 e. The molecule has 0 atom stereocenters. The molecule has 0 aliphatic heterocycles. The lowest BCUT2D eigenvalue weighted by atomic mass is 9.95. The van der Waals surface area contributed by atoms with Crippen molar-refractivity contribution in [3.63, 3.8) is 0 Å². The van der Waals surface area contributed by atoms with E-state index in [1.54, 1.807) is 11.3 Å². The lowest BCUT2D eigenvalue weighted by Crippen LogP contribution is -2.30. The number of hydrogen-bond acceptors (Lipinski definition) is 3. The van der Waals surface area contributed by atoms with E-state index in [4.69, 9.17) is 4.74 Å². The van der Waals surface area contributed by atoms with Crippen LogP contribution in [0.1, 0.15) is 42.5 Å². The van der Waals surface area contributed by atoms with Gasteiger partial charge < -0.3 is 10.1 Å². The monoisotopic (exact) mass is 301 g/mol. The van der Waals surface area contributed by atoms with Crippen LogP contribution in [0.3, 0.4) is 0 Å². The van der Waals surface area contributed by atoms with Gasteiger partial charge in [-0.2, -0.15) is 0 Å².